The number of benzene rings is 1. The number of aromatic nitrogens is 2. The number of nitrogens with zero attached hydrogens (tertiary/aromatic N) is 3. The molecular weight excluding hydrogens is 327 g/mol. The van der Waals surface area contributed by atoms with E-state index in [0.29, 0.717) is 5.89 Å². The van der Waals surface area contributed by atoms with Crippen molar-refractivity contribution in [2.75, 3.05) is 13.7 Å². The Hall–Kier alpha value is -2.42. The molecule has 0 radical (unpaired) electrons. The van der Waals surface area contributed by atoms with Crippen LogP contribution in [0.2, 0.25) is 0 Å². The van der Waals surface area contributed by atoms with Crippen molar-refractivity contribution in [1.29, 1.82) is 0 Å². The number of carbonyl (C=O) groups is 1. The molecule has 0 unspecified atom stereocenters. The third-order valence-electron chi connectivity index (χ3n) is 3.14. The van der Waals surface area contributed by atoms with E-state index >= 15 is 0 Å². The number of aryl methyl sites for hydroxylation is 1. The minimum atomic E-state index is -4.62. The Balaban J connectivity index is 1.97. The van der Waals surface area contributed by atoms with Crippen molar-refractivity contribution in [2.45, 2.75) is 25.7 Å². The van der Waals surface area contributed by atoms with Crippen molar-refractivity contribution in [3.63, 3.8) is 0 Å². The van der Waals surface area contributed by atoms with Crippen LogP contribution in [0.25, 0.3) is 0 Å². The van der Waals surface area contributed by atoms with Crippen LogP contribution < -0.4 is 0 Å². The zero-order chi connectivity index (χ0) is 17.7. The standard InChI is InChI=1S/C15H16F3N3O3/c1-10-19-20-12(24-10)8-21(2)13(22)9-23-14(15(16,17)18)11-6-4-3-5-7-11/h3-7,14H,8-9H2,1-2H3/t14-/m1/s1. The summed E-state index contributed by atoms with van der Waals surface area (Å²) in [5.74, 6) is -0.0990. The molecule has 2 rings (SSSR count). The summed E-state index contributed by atoms with van der Waals surface area (Å²) in [7, 11) is 1.41. The van der Waals surface area contributed by atoms with Crippen LogP contribution in [0.1, 0.15) is 23.4 Å². The molecule has 24 heavy (non-hydrogen) atoms. The van der Waals surface area contributed by atoms with E-state index in [1.54, 1.807) is 13.0 Å². The third-order valence-corrected chi connectivity index (χ3v) is 3.14. The maximum absolute atomic E-state index is 13.1. The van der Waals surface area contributed by atoms with Gasteiger partial charge in [-0.05, 0) is 5.56 Å². The lowest BCUT2D eigenvalue weighted by Gasteiger charge is -2.22. The molecule has 0 saturated heterocycles. The Kier molecular flexibility index (Phi) is 5.55. The van der Waals surface area contributed by atoms with E-state index in [9.17, 15) is 18.0 Å². The number of likely N-dealkylation sites (N-methyl/N-ethyl adjacent to an activating group) is 1. The van der Waals surface area contributed by atoms with Crippen LogP contribution in [0, 0.1) is 6.92 Å². The van der Waals surface area contributed by atoms with E-state index in [1.165, 1.54) is 31.3 Å². The fourth-order valence-electron chi connectivity index (χ4n) is 1.96. The van der Waals surface area contributed by atoms with Crippen LogP contribution in [-0.2, 0) is 16.1 Å². The van der Waals surface area contributed by atoms with Gasteiger partial charge in [0.15, 0.2) is 6.10 Å². The molecule has 0 fully saturated rings. The molecule has 0 bridgehead atoms. The quantitative estimate of drug-likeness (QED) is 0.807. The van der Waals surface area contributed by atoms with Gasteiger partial charge in [0.1, 0.15) is 6.61 Å². The van der Waals surface area contributed by atoms with Gasteiger partial charge in [-0.3, -0.25) is 4.79 Å². The maximum Gasteiger partial charge on any atom is 0.418 e. The summed E-state index contributed by atoms with van der Waals surface area (Å²) in [5, 5.41) is 7.33. The Morgan fingerprint density at radius 3 is 2.50 bits per heavy atom. The van der Waals surface area contributed by atoms with Crippen LogP contribution in [0.5, 0.6) is 0 Å². The van der Waals surface area contributed by atoms with Gasteiger partial charge in [0, 0.05) is 14.0 Å². The van der Waals surface area contributed by atoms with Gasteiger partial charge in [0.05, 0.1) is 6.54 Å². The largest absolute Gasteiger partial charge is 0.424 e. The minimum absolute atomic E-state index is 0.00887. The van der Waals surface area contributed by atoms with Crippen LogP contribution >= 0.6 is 0 Å². The normalized spacial score (nSPS) is 12.9. The summed E-state index contributed by atoms with van der Waals surface area (Å²) < 4.78 is 49.3. The highest BCUT2D eigenvalue weighted by atomic mass is 19.4. The summed E-state index contributed by atoms with van der Waals surface area (Å²) >= 11 is 0. The molecule has 1 heterocycles. The Labute approximate surface area is 136 Å². The van der Waals surface area contributed by atoms with Gasteiger partial charge in [0.2, 0.25) is 17.7 Å². The Morgan fingerprint density at radius 2 is 1.96 bits per heavy atom. The first-order chi connectivity index (χ1) is 11.3. The van der Waals surface area contributed by atoms with E-state index in [-0.39, 0.29) is 18.0 Å². The third kappa shape index (κ3) is 4.79. The van der Waals surface area contributed by atoms with E-state index in [1.807, 2.05) is 0 Å². The minimum Gasteiger partial charge on any atom is -0.424 e. The molecular formula is C15H16F3N3O3. The molecule has 0 spiro atoms. The molecule has 2 aromatic rings. The van der Waals surface area contributed by atoms with E-state index < -0.39 is 24.8 Å². The molecule has 9 heteroatoms. The first-order valence-electron chi connectivity index (χ1n) is 7.03. The number of alkyl halides is 3. The number of ether oxygens (including phenoxy) is 1. The second kappa shape index (κ2) is 7.43. The second-order valence-corrected chi connectivity index (χ2v) is 5.11. The topological polar surface area (TPSA) is 68.5 Å². The summed E-state index contributed by atoms with van der Waals surface area (Å²) in [5.41, 5.74) is -0.0621. The molecule has 1 amide bonds. The number of halogens is 3. The summed E-state index contributed by atoms with van der Waals surface area (Å²) in [6.45, 7) is 0.864. The van der Waals surface area contributed by atoms with Crippen molar-refractivity contribution in [3.05, 3.63) is 47.7 Å². The van der Waals surface area contributed by atoms with E-state index in [2.05, 4.69) is 10.2 Å². The lowest BCUT2D eigenvalue weighted by atomic mass is 10.1. The predicted molar refractivity (Wildman–Crippen MR) is 76.7 cm³/mol. The van der Waals surface area contributed by atoms with E-state index in [0.717, 1.165) is 4.90 Å². The Bertz CT molecular complexity index is 673. The number of rotatable bonds is 6. The SMILES string of the molecule is Cc1nnc(CN(C)C(=O)CO[C@H](c2ccccc2)C(F)(F)F)o1. The summed E-state index contributed by atoms with van der Waals surface area (Å²) in [4.78, 5) is 13.1. The van der Waals surface area contributed by atoms with Crippen molar-refractivity contribution >= 4 is 5.91 Å². The molecule has 1 atom stereocenters. The van der Waals surface area contributed by atoms with Crippen molar-refractivity contribution in [2.24, 2.45) is 0 Å². The van der Waals surface area contributed by atoms with Crippen molar-refractivity contribution in [1.82, 2.24) is 15.1 Å². The van der Waals surface area contributed by atoms with Gasteiger partial charge in [-0.1, -0.05) is 30.3 Å². The highest BCUT2D eigenvalue weighted by Crippen LogP contribution is 2.35. The number of hydrogen-bond donors (Lipinski definition) is 0. The smallest absolute Gasteiger partial charge is 0.418 e. The van der Waals surface area contributed by atoms with Gasteiger partial charge in [-0.2, -0.15) is 13.2 Å². The molecule has 130 valence electrons. The predicted octanol–water partition coefficient (Wildman–Crippen LogP) is 2.66. The van der Waals surface area contributed by atoms with Gasteiger partial charge in [0.25, 0.3) is 0 Å². The van der Waals surface area contributed by atoms with Crippen molar-refractivity contribution < 1.29 is 27.1 Å². The molecule has 0 aliphatic rings. The summed E-state index contributed by atoms with van der Waals surface area (Å²) in [6, 6.07) is 7.15. The lowest BCUT2D eigenvalue weighted by Crippen LogP contribution is -2.33. The summed E-state index contributed by atoms with van der Waals surface area (Å²) in [6.07, 6.45) is -6.79. The highest BCUT2D eigenvalue weighted by Gasteiger charge is 2.42. The van der Waals surface area contributed by atoms with Gasteiger partial charge in [-0.15, -0.1) is 10.2 Å². The van der Waals surface area contributed by atoms with Gasteiger partial charge >= 0.3 is 6.18 Å². The highest BCUT2D eigenvalue weighted by molar-refractivity contribution is 5.77. The molecule has 1 aromatic carbocycles. The van der Waals surface area contributed by atoms with Crippen LogP contribution in [0.15, 0.2) is 34.7 Å². The molecule has 0 saturated carbocycles. The first-order valence-corrected chi connectivity index (χ1v) is 7.03. The first kappa shape index (κ1) is 17.9. The second-order valence-electron chi connectivity index (χ2n) is 5.11. The molecule has 0 aliphatic heterocycles. The molecule has 0 N–H and O–H groups in total. The molecule has 0 aliphatic carbocycles. The average molecular weight is 343 g/mol. The Morgan fingerprint density at radius 1 is 1.29 bits per heavy atom. The average Bonchev–Trinajstić information content (AvgIpc) is 2.92. The van der Waals surface area contributed by atoms with Gasteiger partial charge < -0.3 is 14.1 Å². The monoisotopic (exact) mass is 343 g/mol. The van der Waals surface area contributed by atoms with Crippen molar-refractivity contribution in [3.8, 4) is 0 Å². The number of amides is 1. The zero-order valence-corrected chi connectivity index (χ0v) is 13.1. The van der Waals surface area contributed by atoms with Gasteiger partial charge in [-0.25, -0.2) is 0 Å². The number of hydrogen-bond acceptors (Lipinski definition) is 5. The van der Waals surface area contributed by atoms with Crippen LogP contribution in [0.3, 0.4) is 0 Å². The molecule has 1 aromatic heterocycles. The lowest BCUT2D eigenvalue weighted by molar-refractivity contribution is -0.224. The zero-order valence-electron chi connectivity index (χ0n) is 13.1. The number of carbonyl (C=O) groups excluding carboxylic acids is 1. The van der Waals surface area contributed by atoms with E-state index in [4.69, 9.17) is 9.15 Å². The van der Waals surface area contributed by atoms with Crippen LogP contribution in [0.4, 0.5) is 13.2 Å². The fraction of sp³-hybridized carbons (Fsp3) is 0.400. The fourth-order valence-corrected chi connectivity index (χ4v) is 1.96. The van der Waals surface area contributed by atoms with Crippen LogP contribution in [-0.4, -0.2) is 40.8 Å². The maximum atomic E-state index is 13.1. The molecule has 6 nitrogen and oxygen atoms in total.